The van der Waals surface area contributed by atoms with Crippen molar-refractivity contribution in [1.82, 2.24) is 14.4 Å². The van der Waals surface area contributed by atoms with E-state index in [0.29, 0.717) is 0 Å². The Morgan fingerprint density at radius 2 is 1.90 bits per heavy atom. The van der Waals surface area contributed by atoms with E-state index in [2.05, 4.69) is 9.97 Å². The van der Waals surface area contributed by atoms with Crippen LogP contribution in [0.4, 0.5) is 0 Å². The number of nitrogens with zero attached hydrogens (tertiary/aromatic N) is 3. The number of ether oxygens (including phenoxy) is 2. The molecule has 0 fully saturated rings. The van der Waals surface area contributed by atoms with Crippen molar-refractivity contribution in [2.45, 2.75) is 13.8 Å². The summed E-state index contributed by atoms with van der Waals surface area (Å²) in [6.07, 6.45) is 1.99. The van der Waals surface area contributed by atoms with Gasteiger partial charge in [-0.1, -0.05) is 0 Å². The Bertz CT molecular complexity index is 823. The van der Waals surface area contributed by atoms with Gasteiger partial charge >= 0.3 is 0 Å². The third kappa shape index (κ3) is 1.63. The second kappa shape index (κ2) is 3.96. The zero-order valence-corrected chi connectivity index (χ0v) is 11.3. The Balaban J connectivity index is 1.88. The largest absolute Gasteiger partial charge is 0.454 e. The number of fused-ring (bicyclic) bond motifs is 2. The quantitative estimate of drug-likeness (QED) is 0.680. The number of benzene rings is 1. The van der Waals surface area contributed by atoms with Gasteiger partial charge in [0.25, 0.3) is 0 Å². The van der Waals surface area contributed by atoms with Crippen molar-refractivity contribution in [1.29, 1.82) is 0 Å². The fourth-order valence-electron chi connectivity index (χ4n) is 2.47. The second-order valence-electron chi connectivity index (χ2n) is 4.90. The van der Waals surface area contributed by atoms with Crippen LogP contribution in [0.15, 0.2) is 30.5 Å². The molecule has 0 aliphatic carbocycles. The molecule has 4 rings (SSSR count). The third-order valence-corrected chi connectivity index (χ3v) is 3.43. The summed E-state index contributed by atoms with van der Waals surface area (Å²) in [7, 11) is 0. The fraction of sp³-hybridized carbons (Fsp3) is 0.200. The van der Waals surface area contributed by atoms with E-state index in [-0.39, 0.29) is 6.79 Å². The molecule has 3 heterocycles. The molecular formula is C15H13N3O2. The lowest BCUT2D eigenvalue weighted by atomic mass is 10.1. The Labute approximate surface area is 115 Å². The minimum atomic E-state index is 0.282. The van der Waals surface area contributed by atoms with Crippen LogP contribution >= 0.6 is 0 Å². The van der Waals surface area contributed by atoms with Gasteiger partial charge in [0.2, 0.25) is 12.6 Å². The fourth-order valence-corrected chi connectivity index (χ4v) is 2.47. The van der Waals surface area contributed by atoms with Crippen molar-refractivity contribution in [2.75, 3.05) is 6.79 Å². The van der Waals surface area contributed by atoms with Gasteiger partial charge in [0, 0.05) is 23.1 Å². The molecule has 1 aromatic carbocycles. The first kappa shape index (κ1) is 11.3. The van der Waals surface area contributed by atoms with Gasteiger partial charge in [-0.25, -0.2) is 9.97 Å². The van der Waals surface area contributed by atoms with E-state index < -0.39 is 0 Å². The molecule has 1 aliphatic rings. The maximum absolute atomic E-state index is 5.41. The first-order valence-electron chi connectivity index (χ1n) is 6.44. The van der Waals surface area contributed by atoms with Crippen molar-refractivity contribution < 1.29 is 9.47 Å². The zero-order chi connectivity index (χ0) is 13.7. The first-order valence-corrected chi connectivity index (χ1v) is 6.44. The van der Waals surface area contributed by atoms with Crippen LogP contribution in [0.3, 0.4) is 0 Å². The maximum Gasteiger partial charge on any atom is 0.234 e. The molecular weight excluding hydrogens is 254 g/mol. The number of hydrogen-bond donors (Lipinski definition) is 0. The van der Waals surface area contributed by atoms with Crippen LogP contribution in [-0.4, -0.2) is 21.2 Å². The summed E-state index contributed by atoms with van der Waals surface area (Å²) in [5.74, 6) is 2.26. The first-order chi connectivity index (χ1) is 9.70. The van der Waals surface area contributed by atoms with Crippen LogP contribution in [0.25, 0.3) is 17.0 Å². The topological polar surface area (TPSA) is 48.7 Å². The van der Waals surface area contributed by atoms with Crippen LogP contribution in [0, 0.1) is 13.8 Å². The van der Waals surface area contributed by atoms with Crippen molar-refractivity contribution in [3.63, 3.8) is 0 Å². The summed E-state index contributed by atoms with van der Waals surface area (Å²) in [6, 6.07) is 7.88. The van der Waals surface area contributed by atoms with Gasteiger partial charge in [0.15, 0.2) is 11.5 Å². The molecule has 5 nitrogen and oxygen atoms in total. The summed E-state index contributed by atoms with van der Waals surface area (Å²) in [5, 5.41) is 0. The van der Waals surface area contributed by atoms with E-state index in [9.17, 15) is 0 Å². The highest BCUT2D eigenvalue weighted by Crippen LogP contribution is 2.35. The number of hydrogen-bond acceptors (Lipinski definition) is 4. The van der Waals surface area contributed by atoms with E-state index in [1.54, 1.807) is 0 Å². The zero-order valence-electron chi connectivity index (χ0n) is 11.3. The number of aryl methyl sites for hydroxylation is 2. The van der Waals surface area contributed by atoms with E-state index in [4.69, 9.17) is 9.47 Å². The van der Waals surface area contributed by atoms with Crippen LogP contribution in [0.2, 0.25) is 0 Å². The van der Waals surface area contributed by atoms with Gasteiger partial charge < -0.3 is 9.47 Å². The van der Waals surface area contributed by atoms with Crippen LogP contribution in [0.1, 0.15) is 11.4 Å². The Morgan fingerprint density at radius 1 is 1.05 bits per heavy atom. The molecule has 3 aromatic rings. The molecule has 0 atom stereocenters. The molecule has 0 radical (unpaired) electrons. The molecule has 20 heavy (non-hydrogen) atoms. The lowest BCUT2D eigenvalue weighted by molar-refractivity contribution is 0.174. The number of rotatable bonds is 1. The summed E-state index contributed by atoms with van der Waals surface area (Å²) in [5.41, 5.74) is 3.96. The molecule has 0 amide bonds. The highest BCUT2D eigenvalue weighted by Gasteiger charge is 2.15. The molecule has 100 valence electrons. The third-order valence-electron chi connectivity index (χ3n) is 3.43. The van der Waals surface area contributed by atoms with Crippen LogP contribution in [0.5, 0.6) is 11.5 Å². The molecule has 0 N–H and O–H groups in total. The van der Waals surface area contributed by atoms with E-state index >= 15 is 0 Å². The van der Waals surface area contributed by atoms with Crippen LogP contribution in [-0.2, 0) is 0 Å². The lowest BCUT2D eigenvalue weighted by Crippen LogP contribution is -1.94. The highest BCUT2D eigenvalue weighted by atomic mass is 16.7. The number of aromatic nitrogens is 3. The predicted molar refractivity (Wildman–Crippen MR) is 74.0 cm³/mol. The minimum Gasteiger partial charge on any atom is -0.454 e. The number of imidazole rings is 1. The Morgan fingerprint density at radius 3 is 2.80 bits per heavy atom. The summed E-state index contributed by atoms with van der Waals surface area (Å²) in [6.45, 7) is 4.30. The van der Waals surface area contributed by atoms with Crippen molar-refractivity contribution in [3.8, 4) is 22.8 Å². The van der Waals surface area contributed by atoms with Gasteiger partial charge in [0.1, 0.15) is 0 Å². The second-order valence-corrected chi connectivity index (χ2v) is 4.90. The molecule has 2 aromatic heterocycles. The smallest absolute Gasteiger partial charge is 0.234 e. The van der Waals surface area contributed by atoms with E-state index in [0.717, 1.165) is 39.9 Å². The van der Waals surface area contributed by atoms with Crippen molar-refractivity contribution in [3.05, 3.63) is 41.9 Å². The van der Waals surface area contributed by atoms with Crippen LogP contribution < -0.4 is 9.47 Å². The summed E-state index contributed by atoms with van der Waals surface area (Å²) in [4.78, 5) is 9.04. The molecule has 0 bridgehead atoms. The van der Waals surface area contributed by atoms with E-state index in [1.165, 1.54) is 0 Å². The average molecular weight is 267 g/mol. The summed E-state index contributed by atoms with van der Waals surface area (Å²) < 4.78 is 12.7. The molecule has 1 aliphatic heterocycles. The Kier molecular flexibility index (Phi) is 2.24. The van der Waals surface area contributed by atoms with Gasteiger partial charge in [-0.05, 0) is 38.1 Å². The Hall–Kier alpha value is -2.56. The van der Waals surface area contributed by atoms with Gasteiger partial charge in [0.05, 0.1) is 5.69 Å². The van der Waals surface area contributed by atoms with Gasteiger partial charge in [-0.2, -0.15) is 0 Å². The maximum atomic E-state index is 5.41. The normalized spacial score (nSPS) is 13.1. The van der Waals surface area contributed by atoms with Gasteiger partial charge in [-0.15, -0.1) is 0 Å². The monoisotopic (exact) mass is 267 g/mol. The minimum absolute atomic E-state index is 0.282. The molecule has 0 saturated heterocycles. The molecule has 0 saturated carbocycles. The summed E-state index contributed by atoms with van der Waals surface area (Å²) >= 11 is 0. The average Bonchev–Trinajstić information content (AvgIpc) is 3.03. The predicted octanol–water partition coefficient (Wildman–Crippen LogP) is 2.74. The standard InChI is InChI=1S/C15H13N3O2/c1-9-5-10(2)18-7-12(17-15(18)16-9)11-3-4-13-14(6-11)20-8-19-13/h3-7H,8H2,1-2H3. The SMILES string of the molecule is Cc1cc(C)n2cc(-c3ccc4c(c3)OCO4)nc2n1. The molecule has 0 unspecified atom stereocenters. The van der Waals surface area contributed by atoms with Crippen molar-refractivity contribution >= 4 is 5.78 Å². The molecule has 5 heteroatoms. The van der Waals surface area contributed by atoms with Gasteiger partial charge in [-0.3, -0.25) is 4.40 Å². The van der Waals surface area contributed by atoms with Crippen molar-refractivity contribution in [2.24, 2.45) is 0 Å². The highest BCUT2D eigenvalue weighted by molar-refractivity contribution is 5.66. The van der Waals surface area contributed by atoms with E-state index in [1.807, 2.05) is 48.7 Å². The molecule has 0 spiro atoms. The lowest BCUT2D eigenvalue weighted by Gasteiger charge is -1.99.